The number of carbonyl (C=O) groups excluding carboxylic acids is 1. The summed E-state index contributed by atoms with van der Waals surface area (Å²) in [6.45, 7) is 1.30. The largest absolute Gasteiger partial charge is 0.347 e. The maximum atomic E-state index is 13.5. The third-order valence-electron chi connectivity index (χ3n) is 6.46. The molecule has 1 aliphatic carbocycles. The van der Waals surface area contributed by atoms with Gasteiger partial charge in [0.1, 0.15) is 5.82 Å². The predicted octanol–water partition coefficient (Wildman–Crippen LogP) is 3.58. The van der Waals surface area contributed by atoms with E-state index in [0.29, 0.717) is 24.7 Å². The number of hydrogen-bond acceptors (Lipinski definition) is 5. The molecule has 166 valence electrons. The molecule has 0 radical (unpaired) electrons. The highest BCUT2D eigenvalue weighted by molar-refractivity contribution is 5.94. The number of H-pyrrole nitrogens is 1. The normalized spacial score (nSPS) is 18.0. The lowest BCUT2D eigenvalue weighted by molar-refractivity contribution is 0.0699. The fraction of sp³-hybridized carbons (Fsp3) is 0.417. The Balaban J connectivity index is 1.47. The highest BCUT2D eigenvalue weighted by Crippen LogP contribution is 2.35. The van der Waals surface area contributed by atoms with Gasteiger partial charge in [-0.15, -0.1) is 0 Å². The number of nitrogens with one attached hydrogen (secondary N) is 1. The molecule has 7 nitrogen and oxygen atoms in total. The van der Waals surface area contributed by atoms with Gasteiger partial charge in [0.2, 0.25) is 5.95 Å². The van der Waals surface area contributed by atoms with Crippen molar-refractivity contribution in [3.8, 4) is 11.1 Å². The number of anilines is 1. The number of aryl methyl sites for hydroxylation is 1. The molecule has 1 fully saturated rings. The first kappa shape index (κ1) is 20.6. The highest BCUT2D eigenvalue weighted by Gasteiger charge is 2.32. The molecule has 1 unspecified atom stereocenters. The lowest BCUT2D eigenvalue weighted by Crippen LogP contribution is -2.40. The van der Waals surface area contributed by atoms with Gasteiger partial charge in [0.25, 0.3) is 5.91 Å². The average molecular weight is 435 g/mol. The number of aromatic nitrogens is 4. The first-order valence-electron chi connectivity index (χ1n) is 11.2. The molecule has 1 saturated heterocycles. The van der Waals surface area contributed by atoms with Gasteiger partial charge in [-0.3, -0.25) is 9.89 Å². The number of amides is 1. The number of hydrogen-bond donors (Lipinski definition) is 1. The van der Waals surface area contributed by atoms with E-state index in [9.17, 15) is 9.18 Å². The molecule has 2 aliphatic rings. The molecule has 1 atom stereocenters. The molecular weight excluding hydrogens is 407 g/mol. The summed E-state index contributed by atoms with van der Waals surface area (Å²) in [7, 11) is 3.82. The molecule has 1 aliphatic heterocycles. The monoisotopic (exact) mass is 434 g/mol. The summed E-state index contributed by atoms with van der Waals surface area (Å²) in [6, 6.07) is 6.42. The highest BCUT2D eigenvalue weighted by atomic mass is 19.1. The van der Waals surface area contributed by atoms with E-state index in [1.54, 1.807) is 12.1 Å². The van der Waals surface area contributed by atoms with Crippen molar-refractivity contribution in [2.24, 2.45) is 0 Å². The van der Waals surface area contributed by atoms with Gasteiger partial charge in [0.15, 0.2) is 5.69 Å². The van der Waals surface area contributed by atoms with Crippen molar-refractivity contribution in [3.63, 3.8) is 0 Å². The Bertz CT molecular complexity index is 1140. The second-order valence-electron chi connectivity index (χ2n) is 8.84. The number of benzene rings is 1. The zero-order valence-corrected chi connectivity index (χ0v) is 18.4. The van der Waals surface area contributed by atoms with Crippen LogP contribution in [-0.4, -0.2) is 58.2 Å². The molecule has 1 amide bonds. The topological polar surface area (TPSA) is 78.0 Å². The van der Waals surface area contributed by atoms with Crippen LogP contribution in [0.5, 0.6) is 0 Å². The number of halogens is 1. The minimum Gasteiger partial charge on any atom is -0.347 e. The van der Waals surface area contributed by atoms with Crippen LogP contribution in [0.4, 0.5) is 10.3 Å². The molecule has 32 heavy (non-hydrogen) atoms. The molecule has 0 bridgehead atoms. The number of aromatic amines is 1. The van der Waals surface area contributed by atoms with E-state index >= 15 is 0 Å². The van der Waals surface area contributed by atoms with Gasteiger partial charge in [-0.1, -0.05) is 12.1 Å². The molecule has 0 spiro atoms. The smallest absolute Gasteiger partial charge is 0.274 e. The summed E-state index contributed by atoms with van der Waals surface area (Å²) in [4.78, 5) is 26.5. The minimum absolute atomic E-state index is 0.000628. The molecule has 8 heteroatoms. The van der Waals surface area contributed by atoms with Crippen molar-refractivity contribution in [1.82, 2.24) is 25.1 Å². The van der Waals surface area contributed by atoms with Crippen LogP contribution in [0.2, 0.25) is 0 Å². The van der Waals surface area contributed by atoms with Gasteiger partial charge in [0, 0.05) is 56.1 Å². The van der Waals surface area contributed by atoms with E-state index in [1.165, 1.54) is 12.1 Å². The molecule has 2 aromatic heterocycles. The van der Waals surface area contributed by atoms with E-state index in [4.69, 9.17) is 4.98 Å². The Morgan fingerprint density at radius 2 is 2.00 bits per heavy atom. The number of nitrogens with zero attached hydrogens (tertiary/aromatic N) is 5. The fourth-order valence-corrected chi connectivity index (χ4v) is 4.79. The third kappa shape index (κ3) is 3.74. The van der Waals surface area contributed by atoms with Gasteiger partial charge in [0.05, 0.1) is 5.69 Å². The van der Waals surface area contributed by atoms with Gasteiger partial charge < -0.3 is 9.80 Å². The number of rotatable bonds is 4. The maximum Gasteiger partial charge on any atom is 0.274 e. The van der Waals surface area contributed by atoms with Gasteiger partial charge in [-0.05, 0) is 49.8 Å². The standard InChI is InChI=1S/C24H27FN6O/c1-30(2)24-26-13-19(15-8-10-17(25)11-9-15)21(27-24)16-5-4-12-31(14-16)23(32)22-18-6-3-7-20(18)28-29-22/h8-11,13,16H,3-7,12,14H2,1-2H3,(H,28,29). The molecule has 5 rings (SSSR count). The van der Waals surface area contributed by atoms with Crippen LogP contribution in [-0.2, 0) is 12.8 Å². The van der Waals surface area contributed by atoms with Crippen molar-refractivity contribution < 1.29 is 9.18 Å². The Labute approximate surface area is 186 Å². The zero-order chi connectivity index (χ0) is 22.2. The van der Waals surface area contributed by atoms with Gasteiger partial charge in [-0.2, -0.15) is 5.10 Å². The summed E-state index contributed by atoms with van der Waals surface area (Å²) >= 11 is 0. The Morgan fingerprint density at radius 3 is 2.78 bits per heavy atom. The van der Waals surface area contributed by atoms with E-state index in [1.807, 2.05) is 30.1 Å². The van der Waals surface area contributed by atoms with Crippen molar-refractivity contribution in [2.45, 2.75) is 38.0 Å². The third-order valence-corrected chi connectivity index (χ3v) is 6.46. The second-order valence-corrected chi connectivity index (χ2v) is 8.84. The van der Waals surface area contributed by atoms with E-state index in [0.717, 1.165) is 60.2 Å². The summed E-state index contributed by atoms with van der Waals surface area (Å²) < 4.78 is 13.5. The minimum atomic E-state index is -0.276. The molecule has 0 saturated carbocycles. The van der Waals surface area contributed by atoms with Crippen molar-refractivity contribution in [2.75, 3.05) is 32.1 Å². The Kier molecular flexibility index (Phi) is 5.36. The first-order valence-corrected chi connectivity index (χ1v) is 11.2. The quantitative estimate of drug-likeness (QED) is 0.679. The predicted molar refractivity (Wildman–Crippen MR) is 120 cm³/mol. The Morgan fingerprint density at radius 1 is 1.19 bits per heavy atom. The zero-order valence-electron chi connectivity index (χ0n) is 18.4. The lowest BCUT2D eigenvalue weighted by Gasteiger charge is -2.33. The van der Waals surface area contributed by atoms with Gasteiger partial charge >= 0.3 is 0 Å². The van der Waals surface area contributed by atoms with E-state index in [-0.39, 0.29) is 17.6 Å². The molecule has 1 N–H and O–H groups in total. The van der Waals surface area contributed by atoms with Crippen molar-refractivity contribution >= 4 is 11.9 Å². The van der Waals surface area contributed by atoms with Gasteiger partial charge in [-0.25, -0.2) is 14.4 Å². The molecule has 1 aromatic carbocycles. The first-order chi connectivity index (χ1) is 15.5. The van der Waals surface area contributed by atoms with Crippen LogP contribution < -0.4 is 4.90 Å². The van der Waals surface area contributed by atoms with Crippen molar-refractivity contribution in [3.05, 3.63) is 58.9 Å². The Hall–Kier alpha value is -3.29. The molecule has 3 heterocycles. The summed E-state index contributed by atoms with van der Waals surface area (Å²) in [5.41, 5.74) is 5.43. The summed E-state index contributed by atoms with van der Waals surface area (Å²) in [5, 5.41) is 7.39. The van der Waals surface area contributed by atoms with Crippen LogP contribution >= 0.6 is 0 Å². The average Bonchev–Trinajstić information content (AvgIpc) is 3.43. The number of likely N-dealkylation sites (tertiary alicyclic amines) is 1. The van der Waals surface area contributed by atoms with Crippen LogP contribution in [0, 0.1) is 5.82 Å². The van der Waals surface area contributed by atoms with E-state index in [2.05, 4.69) is 15.2 Å². The molecule has 3 aromatic rings. The van der Waals surface area contributed by atoms with Crippen molar-refractivity contribution in [1.29, 1.82) is 0 Å². The van der Waals surface area contributed by atoms with Crippen LogP contribution in [0.1, 0.15) is 52.6 Å². The lowest BCUT2D eigenvalue weighted by atomic mass is 9.89. The number of piperidine rings is 1. The van der Waals surface area contributed by atoms with Crippen LogP contribution in [0.25, 0.3) is 11.1 Å². The van der Waals surface area contributed by atoms with Crippen LogP contribution in [0.3, 0.4) is 0 Å². The fourth-order valence-electron chi connectivity index (χ4n) is 4.79. The summed E-state index contributed by atoms with van der Waals surface area (Å²) in [6.07, 6.45) is 6.59. The maximum absolute atomic E-state index is 13.5. The molecular formula is C24H27FN6O. The second kappa shape index (κ2) is 8.33. The summed E-state index contributed by atoms with van der Waals surface area (Å²) in [5.74, 6) is 0.419. The van der Waals surface area contributed by atoms with Crippen LogP contribution in [0.15, 0.2) is 30.5 Å². The number of carbonyl (C=O) groups is 1. The number of fused-ring (bicyclic) bond motifs is 1. The SMILES string of the molecule is CN(C)c1ncc(-c2ccc(F)cc2)c(C2CCCN(C(=O)c3n[nH]c4c3CCC4)C2)n1. The van der Waals surface area contributed by atoms with E-state index < -0.39 is 0 Å².